The first-order chi connectivity index (χ1) is 9.08. The molecule has 102 valence electrons. The Balaban J connectivity index is 2.19. The van der Waals surface area contributed by atoms with E-state index >= 15 is 0 Å². The van der Waals surface area contributed by atoms with Crippen molar-refractivity contribution in [3.05, 3.63) is 53.3 Å². The maximum atomic E-state index is 3.53. The van der Waals surface area contributed by atoms with Crippen molar-refractivity contribution in [3.8, 4) is 0 Å². The summed E-state index contributed by atoms with van der Waals surface area (Å²) in [5.74, 6) is 1.11. The van der Waals surface area contributed by atoms with E-state index in [1.165, 1.54) is 22.5 Å². The zero-order valence-electron chi connectivity index (χ0n) is 12.3. The van der Waals surface area contributed by atoms with Crippen LogP contribution in [0.1, 0.15) is 56.4 Å². The van der Waals surface area contributed by atoms with Gasteiger partial charge in [0.25, 0.3) is 0 Å². The van der Waals surface area contributed by atoms with E-state index in [0.29, 0.717) is 11.8 Å². The van der Waals surface area contributed by atoms with E-state index < -0.39 is 0 Å². The fourth-order valence-electron chi connectivity index (χ4n) is 2.25. The number of nitrogens with one attached hydrogen (secondary N) is 2. The molecule has 2 N–H and O–H groups in total. The van der Waals surface area contributed by atoms with Gasteiger partial charge in [0, 0.05) is 17.6 Å². The summed E-state index contributed by atoms with van der Waals surface area (Å²) in [4.78, 5) is 3.22. The normalized spacial score (nSPS) is 11.3. The minimum Gasteiger partial charge on any atom is -0.379 e. The Morgan fingerprint density at radius 3 is 2.42 bits per heavy atom. The lowest BCUT2D eigenvalue weighted by atomic mass is 9.94. The van der Waals surface area contributed by atoms with Crippen LogP contribution < -0.4 is 5.32 Å². The molecule has 2 nitrogen and oxygen atoms in total. The number of benzene rings is 1. The summed E-state index contributed by atoms with van der Waals surface area (Å²) >= 11 is 0. The first-order valence-corrected chi connectivity index (χ1v) is 7.08. The zero-order valence-corrected chi connectivity index (χ0v) is 12.3. The Hall–Kier alpha value is -1.70. The Labute approximate surface area is 116 Å². The van der Waals surface area contributed by atoms with Gasteiger partial charge in [-0.2, -0.15) is 0 Å². The van der Waals surface area contributed by atoms with E-state index in [1.807, 2.05) is 12.3 Å². The van der Waals surface area contributed by atoms with Gasteiger partial charge in [0.15, 0.2) is 0 Å². The average molecular weight is 256 g/mol. The first kappa shape index (κ1) is 13.7. The van der Waals surface area contributed by atoms with E-state index in [2.05, 4.69) is 62.3 Å². The quantitative estimate of drug-likeness (QED) is 0.784. The summed E-state index contributed by atoms with van der Waals surface area (Å²) in [5.41, 5.74) is 5.27. The van der Waals surface area contributed by atoms with Crippen LogP contribution >= 0.6 is 0 Å². The number of anilines is 1. The predicted molar refractivity (Wildman–Crippen MR) is 82.7 cm³/mol. The summed E-state index contributed by atoms with van der Waals surface area (Å²) < 4.78 is 0. The van der Waals surface area contributed by atoms with Crippen LogP contribution in [0.3, 0.4) is 0 Å². The van der Waals surface area contributed by atoms with Crippen LogP contribution in [0.5, 0.6) is 0 Å². The molecule has 2 rings (SSSR count). The second-order valence-corrected chi connectivity index (χ2v) is 5.71. The fourth-order valence-corrected chi connectivity index (χ4v) is 2.25. The van der Waals surface area contributed by atoms with Gasteiger partial charge in [-0.1, -0.05) is 39.8 Å². The van der Waals surface area contributed by atoms with Crippen molar-refractivity contribution in [1.82, 2.24) is 4.98 Å². The molecule has 2 aromatic rings. The third-order valence-electron chi connectivity index (χ3n) is 3.50. The highest BCUT2D eigenvalue weighted by Crippen LogP contribution is 2.28. The van der Waals surface area contributed by atoms with Gasteiger partial charge in [0.2, 0.25) is 0 Å². The Morgan fingerprint density at radius 1 is 1.05 bits per heavy atom. The molecular weight excluding hydrogens is 232 g/mol. The predicted octanol–water partition coefficient (Wildman–Crippen LogP) is 4.87. The average Bonchev–Trinajstić information content (AvgIpc) is 2.89. The van der Waals surface area contributed by atoms with Crippen LogP contribution in [-0.4, -0.2) is 4.98 Å². The van der Waals surface area contributed by atoms with Crippen molar-refractivity contribution in [2.24, 2.45) is 0 Å². The molecule has 1 heterocycles. The van der Waals surface area contributed by atoms with Gasteiger partial charge < -0.3 is 10.3 Å². The van der Waals surface area contributed by atoms with Gasteiger partial charge in [-0.05, 0) is 41.2 Å². The van der Waals surface area contributed by atoms with Crippen LogP contribution in [0.25, 0.3) is 0 Å². The molecule has 0 radical (unpaired) electrons. The Bertz CT molecular complexity index is 510. The van der Waals surface area contributed by atoms with Gasteiger partial charge in [-0.25, -0.2) is 0 Å². The van der Waals surface area contributed by atoms with Crippen molar-refractivity contribution in [2.75, 3.05) is 5.32 Å². The monoisotopic (exact) mass is 256 g/mol. The molecule has 0 amide bonds. The highest BCUT2D eigenvalue weighted by atomic mass is 14.9. The molecule has 0 bridgehead atoms. The van der Waals surface area contributed by atoms with Crippen LogP contribution in [0, 0.1) is 0 Å². The molecular formula is C17H24N2. The third-order valence-corrected chi connectivity index (χ3v) is 3.50. The summed E-state index contributed by atoms with van der Waals surface area (Å²) in [6, 6.07) is 10.9. The number of aromatic amines is 1. The van der Waals surface area contributed by atoms with Gasteiger partial charge in [-0.3, -0.25) is 0 Å². The highest BCUT2D eigenvalue weighted by Gasteiger charge is 2.09. The minimum atomic E-state index is 0.532. The van der Waals surface area contributed by atoms with E-state index in [9.17, 15) is 0 Å². The molecule has 1 aromatic carbocycles. The van der Waals surface area contributed by atoms with Crippen molar-refractivity contribution >= 4 is 5.69 Å². The molecule has 2 heteroatoms. The van der Waals surface area contributed by atoms with Crippen LogP contribution in [0.2, 0.25) is 0 Å². The largest absolute Gasteiger partial charge is 0.379 e. The highest BCUT2D eigenvalue weighted by molar-refractivity contribution is 5.54. The van der Waals surface area contributed by atoms with Gasteiger partial charge in [-0.15, -0.1) is 0 Å². The Morgan fingerprint density at radius 2 is 1.84 bits per heavy atom. The van der Waals surface area contributed by atoms with Crippen LogP contribution in [0.15, 0.2) is 36.5 Å². The van der Waals surface area contributed by atoms with Crippen LogP contribution in [0.4, 0.5) is 5.69 Å². The summed E-state index contributed by atoms with van der Waals surface area (Å²) in [7, 11) is 0. The molecule has 0 aliphatic carbocycles. The lowest BCUT2D eigenvalue weighted by molar-refractivity contribution is 0.833. The second kappa shape index (κ2) is 5.96. The number of aromatic nitrogens is 1. The van der Waals surface area contributed by atoms with Gasteiger partial charge in [0.1, 0.15) is 0 Å². The maximum Gasteiger partial charge on any atom is 0.0551 e. The minimum absolute atomic E-state index is 0.532. The molecule has 0 saturated carbocycles. The number of hydrogen-bond acceptors (Lipinski definition) is 1. The third kappa shape index (κ3) is 3.40. The molecule has 1 aromatic heterocycles. The molecule has 0 aliphatic rings. The second-order valence-electron chi connectivity index (χ2n) is 5.71. The molecule has 0 spiro atoms. The number of H-pyrrole nitrogens is 1. The molecule has 0 unspecified atom stereocenters. The van der Waals surface area contributed by atoms with Crippen molar-refractivity contribution < 1.29 is 0 Å². The summed E-state index contributed by atoms with van der Waals surface area (Å²) in [6.07, 6.45) is 1.96. The maximum absolute atomic E-state index is 3.53. The molecule has 0 atom stereocenters. The van der Waals surface area contributed by atoms with E-state index in [4.69, 9.17) is 0 Å². The van der Waals surface area contributed by atoms with E-state index in [-0.39, 0.29) is 0 Å². The molecule has 19 heavy (non-hydrogen) atoms. The topological polar surface area (TPSA) is 27.8 Å². The summed E-state index contributed by atoms with van der Waals surface area (Å²) in [5, 5.41) is 3.53. The smallest absolute Gasteiger partial charge is 0.0551 e. The Kier molecular flexibility index (Phi) is 4.31. The molecule has 0 saturated heterocycles. The lowest BCUT2D eigenvalue weighted by Crippen LogP contribution is -2.04. The standard InChI is InChI=1S/C17H24N2/c1-12(2)14-7-8-17(16(10-14)13(3)4)19-11-15-6-5-9-18-15/h5-10,12-13,18-19H,11H2,1-4H3. The van der Waals surface area contributed by atoms with Crippen molar-refractivity contribution in [1.29, 1.82) is 0 Å². The van der Waals surface area contributed by atoms with Crippen LogP contribution in [-0.2, 0) is 6.54 Å². The van der Waals surface area contributed by atoms with Gasteiger partial charge in [0.05, 0.1) is 6.54 Å². The number of rotatable bonds is 5. The summed E-state index contributed by atoms with van der Waals surface area (Å²) in [6.45, 7) is 9.82. The molecule has 0 aliphatic heterocycles. The lowest BCUT2D eigenvalue weighted by Gasteiger charge is -2.17. The molecule has 0 fully saturated rings. The van der Waals surface area contributed by atoms with Crippen molar-refractivity contribution in [3.63, 3.8) is 0 Å². The SMILES string of the molecule is CC(C)c1ccc(NCc2ccc[nH]2)c(C(C)C)c1. The van der Waals surface area contributed by atoms with E-state index in [1.54, 1.807) is 0 Å². The van der Waals surface area contributed by atoms with E-state index in [0.717, 1.165) is 6.54 Å². The number of hydrogen-bond donors (Lipinski definition) is 2. The van der Waals surface area contributed by atoms with Crippen molar-refractivity contribution in [2.45, 2.75) is 46.1 Å². The first-order valence-electron chi connectivity index (χ1n) is 7.08. The fraction of sp³-hybridized carbons (Fsp3) is 0.412. The van der Waals surface area contributed by atoms with Gasteiger partial charge >= 0.3 is 0 Å². The zero-order chi connectivity index (χ0) is 13.8.